The summed E-state index contributed by atoms with van der Waals surface area (Å²) in [5.41, 5.74) is 5.08. The molecule has 2 aromatic heterocycles. The van der Waals surface area contributed by atoms with E-state index >= 15 is 0 Å². The number of nitrogens with one attached hydrogen (secondary N) is 1. The Morgan fingerprint density at radius 1 is 1.04 bits per heavy atom. The molecule has 2 heterocycles. The van der Waals surface area contributed by atoms with Gasteiger partial charge in [-0.15, -0.1) is 23.7 Å². The number of rotatable bonds is 2. The van der Waals surface area contributed by atoms with Gasteiger partial charge in [0.1, 0.15) is 5.82 Å². The van der Waals surface area contributed by atoms with Gasteiger partial charge in [-0.25, -0.2) is 4.98 Å². The fourth-order valence-electron chi connectivity index (χ4n) is 2.52. The van der Waals surface area contributed by atoms with Crippen molar-refractivity contribution in [2.45, 2.75) is 13.8 Å². The lowest BCUT2D eigenvalue weighted by molar-refractivity contribution is 0.570. The van der Waals surface area contributed by atoms with E-state index in [0.717, 1.165) is 28.0 Å². The molecule has 0 amide bonds. The molecule has 0 fully saturated rings. The molecule has 26 heavy (non-hydrogen) atoms. The molecule has 0 radical (unpaired) electrons. The smallest absolute Gasteiger partial charge is 0.188 e. The van der Waals surface area contributed by atoms with E-state index in [4.69, 9.17) is 5.11 Å². The third-order valence-corrected chi connectivity index (χ3v) is 4.94. The summed E-state index contributed by atoms with van der Waals surface area (Å²) in [4.78, 5) is 9.20. The summed E-state index contributed by atoms with van der Waals surface area (Å²) >= 11 is 6.35. The molecule has 0 saturated carbocycles. The topological polar surface area (TPSA) is 48.9 Å². The third kappa shape index (κ3) is 4.49. The van der Waals surface area contributed by atoms with Crippen molar-refractivity contribution in [1.29, 1.82) is 0 Å². The molecule has 2 N–H and O–H groups in total. The number of thiophene rings is 1. The Labute approximate surface area is 168 Å². The number of aromatic amines is 1. The summed E-state index contributed by atoms with van der Waals surface area (Å²) in [6.45, 7) is 4.03. The maximum absolute atomic E-state index is 8.94. The largest absolute Gasteiger partial charge is 0.499 e. The second-order valence-electron chi connectivity index (χ2n) is 5.61. The second-order valence-corrected chi connectivity index (χ2v) is 7.12. The van der Waals surface area contributed by atoms with Gasteiger partial charge in [-0.2, -0.15) is 0 Å². The number of aliphatic hydroxyl groups excluding tert-OH is 1. The minimum Gasteiger partial charge on any atom is -0.499 e. The molecule has 0 bridgehead atoms. The second kappa shape index (κ2) is 8.94. The zero-order valence-corrected chi connectivity index (χ0v) is 16.8. The van der Waals surface area contributed by atoms with Crippen LogP contribution in [0.25, 0.3) is 22.4 Å². The number of thiocarbonyl (C=S) groups is 1. The fourth-order valence-corrected chi connectivity index (χ4v) is 3.45. The average molecular weight is 403 g/mol. The highest BCUT2D eigenvalue weighted by molar-refractivity contribution is 7.80. The third-order valence-electron chi connectivity index (χ3n) is 3.88. The molecule has 4 rings (SSSR count). The number of H-pyrrole nitrogens is 1. The van der Waals surface area contributed by atoms with E-state index < -0.39 is 0 Å². The van der Waals surface area contributed by atoms with Crippen LogP contribution in [0.1, 0.15) is 16.0 Å². The van der Waals surface area contributed by atoms with Crippen molar-refractivity contribution in [1.82, 2.24) is 9.97 Å². The van der Waals surface area contributed by atoms with Gasteiger partial charge in [0.15, 0.2) is 5.05 Å². The predicted octanol–water partition coefficient (Wildman–Crippen LogP) is 6.25. The van der Waals surface area contributed by atoms with Crippen LogP contribution in [0.5, 0.6) is 0 Å². The van der Waals surface area contributed by atoms with E-state index in [9.17, 15) is 0 Å². The van der Waals surface area contributed by atoms with E-state index in [1.54, 1.807) is 17.4 Å². The van der Waals surface area contributed by atoms with Crippen molar-refractivity contribution in [3.8, 4) is 11.4 Å². The Bertz CT molecular complexity index is 990. The summed E-state index contributed by atoms with van der Waals surface area (Å²) in [5, 5.41) is 11.0. The summed E-state index contributed by atoms with van der Waals surface area (Å²) in [5.74, 6) is 0.968. The minimum absolute atomic E-state index is 0. The van der Waals surface area contributed by atoms with Gasteiger partial charge in [-0.3, -0.25) is 0 Å². The molecule has 134 valence electrons. The van der Waals surface area contributed by atoms with Gasteiger partial charge in [0.25, 0.3) is 0 Å². The zero-order valence-electron chi connectivity index (χ0n) is 14.4. The molecule has 3 nitrogen and oxygen atoms in total. The Morgan fingerprint density at radius 2 is 1.73 bits per heavy atom. The van der Waals surface area contributed by atoms with Gasteiger partial charge in [-0.1, -0.05) is 36.4 Å². The SMILES string of the molecule is Cc1ccccc1C(O)=S.Cc1sccc1-c1nc2ccccc2[nH]1.Cl. The predicted molar refractivity (Wildman–Crippen MR) is 117 cm³/mol. The van der Waals surface area contributed by atoms with E-state index in [2.05, 4.69) is 40.6 Å². The minimum atomic E-state index is -0.0295. The van der Waals surface area contributed by atoms with Crippen LogP contribution in [-0.4, -0.2) is 20.1 Å². The first-order chi connectivity index (χ1) is 12.1. The molecule has 0 saturated heterocycles. The van der Waals surface area contributed by atoms with Crippen molar-refractivity contribution >= 4 is 52.0 Å². The number of para-hydroxylation sites is 2. The number of fused-ring (bicyclic) bond motifs is 1. The molecule has 0 aliphatic heterocycles. The molecular formula is C20H19ClN2OS2. The summed E-state index contributed by atoms with van der Waals surface area (Å²) in [7, 11) is 0. The first-order valence-corrected chi connectivity index (χ1v) is 9.13. The number of imidazole rings is 1. The Balaban J connectivity index is 0.000000195. The first kappa shape index (κ1) is 20.1. The number of hydrogen-bond acceptors (Lipinski definition) is 3. The average Bonchev–Trinajstić information content (AvgIpc) is 3.21. The zero-order chi connectivity index (χ0) is 17.8. The van der Waals surface area contributed by atoms with Crippen LogP contribution in [0, 0.1) is 13.8 Å². The Morgan fingerprint density at radius 3 is 2.31 bits per heavy atom. The molecule has 4 aromatic rings. The number of aliphatic hydroxyl groups is 1. The Kier molecular flexibility index (Phi) is 6.91. The van der Waals surface area contributed by atoms with Crippen LogP contribution in [-0.2, 0) is 0 Å². The summed E-state index contributed by atoms with van der Waals surface area (Å²) < 4.78 is 0. The molecule has 2 aromatic carbocycles. The number of nitrogens with zero attached hydrogens (tertiary/aromatic N) is 1. The monoisotopic (exact) mass is 402 g/mol. The van der Waals surface area contributed by atoms with Crippen molar-refractivity contribution in [3.63, 3.8) is 0 Å². The molecule has 0 atom stereocenters. The highest BCUT2D eigenvalue weighted by Gasteiger charge is 2.07. The van der Waals surface area contributed by atoms with Gasteiger partial charge >= 0.3 is 0 Å². The summed E-state index contributed by atoms with van der Waals surface area (Å²) in [6.07, 6.45) is 0. The maximum atomic E-state index is 8.94. The van der Waals surface area contributed by atoms with Crippen LogP contribution in [0.2, 0.25) is 0 Å². The van der Waals surface area contributed by atoms with Gasteiger partial charge in [0.05, 0.1) is 11.0 Å². The number of aromatic nitrogens is 2. The normalized spacial score (nSPS) is 9.92. The highest BCUT2D eigenvalue weighted by atomic mass is 35.5. The highest BCUT2D eigenvalue weighted by Crippen LogP contribution is 2.26. The molecule has 6 heteroatoms. The first-order valence-electron chi connectivity index (χ1n) is 7.84. The van der Waals surface area contributed by atoms with Crippen molar-refractivity contribution in [3.05, 3.63) is 76.0 Å². The molecule has 0 unspecified atom stereocenters. The Hall–Kier alpha value is -2.21. The van der Waals surface area contributed by atoms with Gasteiger partial charge in [0, 0.05) is 16.0 Å². The van der Waals surface area contributed by atoms with Crippen LogP contribution in [0.15, 0.2) is 60.0 Å². The van der Waals surface area contributed by atoms with Crippen LogP contribution >= 0.6 is 36.0 Å². The van der Waals surface area contributed by atoms with Gasteiger partial charge in [-0.05, 0) is 55.2 Å². The van der Waals surface area contributed by atoms with Gasteiger partial charge in [0.2, 0.25) is 0 Å². The molecular weight excluding hydrogens is 384 g/mol. The van der Waals surface area contributed by atoms with E-state index in [0.29, 0.717) is 0 Å². The quantitative estimate of drug-likeness (QED) is 0.389. The van der Waals surface area contributed by atoms with Gasteiger partial charge < -0.3 is 10.1 Å². The van der Waals surface area contributed by atoms with Crippen LogP contribution < -0.4 is 0 Å². The fraction of sp³-hybridized carbons (Fsp3) is 0.100. The maximum Gasteiger partial charge on any atom is 0.188 e. The molecule has 0 spiro atoms. The van der Waals surface area contributed by atoms with Crippen molar-refractivity contribution in [2.75, 3.05) is 0 Å². The molecule has 0 aliphatic carbocycles. The van der Waals surface area contributed by atoms with E-state index in [1.165, 1.54) is 10.4 Å². The number of aryl methyl sites for hydroxylation is 2. The van der Waals surface area contributed by atoms with E-state index in [-0.39, 0.29) is 17.5 Å². The molecule has 0 aliphatic rings. The van der Waals surface area contributed by atoms with Crippen molar-refractivity contribution in [2.24, 2.45) is 0 Å². The number of hydrogen-bond donors (Lipinski definition) is 2. The summed E-state index contributed by atoms with van der Waals surface area (Å²) in [6, 6.07) is 17.7. The van der Waals surface area contributed by atoms with Crippen LogP contribution in [0.4, 0.5) is 0 Å². The van der Waals surface area contributed by atoms with E-state index in [1.807, 2.05) is 49.4 Å². The lowest BCUT2D eigenvalue weighted by Gasteiger charge is -1.99. The number of halogens is 1. The lowest BCUT2D eigenvalue weighted by atomic mass is 10.1. The standard InChI is InChI=1S/C12H10N2S.C8H8OS.ClH/c1-8-9(6-7-15-8)12-13-10-4-2-3-5-11(10)14-12;1-6-4-2-3-5-7(6)8(9)10;/h2-7H,1H3,(H,13,14);2-5H,1H3,(H,9,10);1H. The van der Waals surface area contributed by atoms with Crippen LogP contribution in [0.3, 0.4) is 0 Å². The number of benzene rings is 2. The van der Waals surface area contributed by atoms with Crippen molar-refractivity contribution < 1.29 is 5.11 Å². The lowest BCUT2D eigenvalue weighted by Crippen LogP contribution is -1.96.